The van der Waals surface area contributed by atoms with Gasteiger partial charge in [0.2, 0.25) is 0 Å². The van der Waals surface area contributed by atoms with Crippen molar-refractivity contribution >= 4 is 0 Å². The van der Waals surface area contributed by atoms with Crippen LogP contribution in [0, 0.1) is 0 Å². The molecular formula is C21H39N. The highest BCUT2D eigenvalue weighted by Gasteiger charge is 2.21. The maximum absolute atomic E-state index is 6.10. The molecule has 0 aliphatic heterocycles. The van der Waals surface area contributed by atoms with Crippen molar-refractivity contribution in [2.24, 2.45) is 5.73 Å². The van der Waals surface area contributed by atoms with Crippen LogP contribution in [0.2, 0.25) is 0 Å². The monoisotopic (exact) mass is 305 g/mol. The van der Waals surface area contributed by atoms with Crippen LogP contribution >= 0.6 is 0 Å². The second kappa shape index (κ2) is 8.72. The van der Waals surface area contributed by atoms with E-state index >= 15 is 0 Å². The number of hydrogen-bond donors (Lipinski definition) is 1. The Kier molecular flexibility index (Phi) is 8.39. The van der Waals surface area contributed by atoms with Crippen molar-refractivity contribution in [2.75, 3.05) is 0 Å². The minimum atomic E-state index is -0.0559. The number of aryl methyl sites for hydroxylation is 1. The molecule has 0 aromatic heterocycles. The molecule has 0 aliphatic carbocycles. The number of nitrogens with two attached hydrogens (primary N) is 1. The van der Waals surface area contributed by atoms with Crippen LogP contribution in [0.5, 0.6) is 0 Å². The second-order valence-corrected chi connectivity index (χ2v) is 8.13. The number of rotatable bonds is 5. The van der Waals surface area contributed by atoms with Crippen molar-refractivity contribution in [2.45, 2.75) is 98.4 Å². The van der Waals surface area contributed by atoms with E-state index in [2.05, 4.69) is 66.7 Å². The standard InChI is InChI=1S/C19H33N.C2H6/c1-14(2)17-15(11-9-13-19(6,7)20)10-8-12-16(17)18(3,4)5;1-2/h8,10,12,14H,9,11,13,20H2,1-7H3;1-2H3. The summed E-state index contributed by atoms with van der Waals surface area (Å²) in [5.74, 6) is 0.575. The van der Waals surface area contributed by atoms with Gasteiger partial charge in [-0.3, -0.25) is 0 Å². The van der Waals surface area contributed by atoms with Crippen molar-refractivity contribution in [3.05, 3.63) is 34.9 Å². The Morgan fingerprint density at radius 3 is 1.95 bits per heavy atom. The number of hydrogen-bond acceptors (Lipinski definition) is 1. The molecule has 1 nitrogen and oxygen atoms in total. The summed E-state index contributed by atoms with van der Waals surface area (Å²) in [5.41, 5.74) is 10.8. The summed E-state index contributed by atoms with van der Waals surface area (Å²) in [6.45, 7) is 19.8. The van der Waals surface area contributed by atoms with E-state index in [1.54, 1.807) is 5.56 Å². The topological polar surface area (TPSA) is 26.0 Å². The Labute approximate surface area is 139 Å². The largest absolute Gasteiger partial charge is 0.326 e. The van der Waals surface area contributed by atoms with Gasteiger partial charge in [-0.1, -0.05) is 66.7 Å². The third-order valence-electron chi connectivity index (χ3n) is 3.85. The highest BCUT2D eigenvalue weighted by molar-refractivity contribution is 5.41. The molecule has 22 heavy (non-hydrogen) atoms. The first-order valence-electron chi connectivity index (χ1n) is 8.93. The van der Waals surface area contributed by atoms with Crippen LogP contribution in [0.1, 0.15) is 97.8 Å². The van der Waals surface area contributed by atoms with Gasteiger partial charge < -0.3 is 5.73 Å². The molecule has 0 unspecified atom stereocenters. The van der Waals surface area contributed by atoms with E-state index in [1.165, 1.54) is 11.1 Å². The molecule has 0 spiro atoms. The number of benzene rings is 1. The Bertz CT molecular complexity index is 430. The summed E-state index contributed by atoms with van der Waals surface area (Å²) < 4.78 is 0. The molecule has 0 amide bonds. The van der Waals surface area contributed by atoms with Gasteiger partial charge >= 0.3 is 0 Å². The van der Waals surface area contributed by atoms with Crippen LogP contribution in [0.15, 0.2) is 18.2 Å². The zero-order chi connectivity index (χ0) is 17.6. The molecule has 1 rings (SSSR count). The van der Waals surface area contributed by atoms with Crippen molar-refractivity contribution in [1.29, 1.82) is 0 Å². The fraction of sp³-hybridized carbons (Fsp3) is 0.714. The zero-order valence-electron chi connectivity index (χ0n) is 16.5. The Morgan fingerprint density at radius 1 is 1.00 bits per heavy atom. The van der Waals surface area contributed by atoms with Gasteiger partial charge in [0.25, 0.3) is 0 Å². The molecule has 0 fully saturated rings. The van der Waals surface area contributed by atoms with E-state index in [4.69, 9.17) is 5.73 Å². The summed E-state index contributed by atoms with van der Waals surface area (Å²) in [7, 11) is 0. The quantitative estimate of drug-likeness (QED) is 0.689. The van der Waals surface area contributed by atoms with Crippen LogP contribution in [0.25, 0.3) is 0 Å². The fourth-order valence-corrected chi connectivity index (χ4v) is 2.90. The zero-order valence-corrected chi connectivity index (χ0v) is 16.5. The summed E-state index contributed by atoms with van der Waals surface area (Å²) >= 11 is 0. The third-order valence-corrected chi connectivity index (χ3v) is 3.85. The van der Waals surface area contributed by atoms with Gasteiger partial charge in [-0.2, -0.15) is 0 Å². The first kappa shape index (κ1) is 21.2. The summed E-state index contributed by atoms with van der Waals surface area (Å²) in [5, 5.41) is 0. The van der Waals surface area contributed by atoms with Crippen LogP contribution in [-0.4, -0.2) is 5.54 Å². The lowest BCUT2D eigenvalue weighted by molar-refractivity contribution is 0.458. The normalized spacial score (nSPS) is 12.1. The fourth-order valence-electron chi connectivity index (χ4n) is 2.90. The van der Waals surface area contributed by atoms with Gasteiger partial charge in [-0.15, -0.1) is 0 Å². The molecule has 0 atom stereocenters. The smallest absolute Gasteiger partial charge is 0.00971 e. The molecule has 0 bridgehead atoms. The van der Waals surface area contributed by atoms with E-state index in [0.717, 1.165) is 19.3 Å². The second-order valence-electron chi connectivity index (χ2n) is 8.13. The highest BCUT2D eigenvalue weighted by Crippen LogP contribution is 2.33. The van der Waals surface area contributed by atoms with Crippen LogP contribution in [0.3, 0.4) is 0 Å². The van der Waals surface area contributed by atoms with Crippen molar-refractivity contribution in [3.8, 4) is 0 Å². The molecular weight excluding hydrogens is 266 g/mol. The van der Waals surface area contributed by atoms with E-state index in [1.807, 2.05) is 13.8 Å². The van der Waals surface area contributed by atoms with Gasteiger partial charge in [0.05, 0.1) is 0 Å². The average Bonchev–Trinajstić information content (AvgIpc) is 2.38. The average molecular weight is 306 g/mol. The van der Waals surface area contributed by atoms with Gasteiger partial charge in [0, 0.05) is 5.54 Å². The lowest BCUT2D eigenvalue weighted by Crippen LogP contribution is -2.31. The molecule has 1 heteroatoms. The molecule has 1 aromatic carbocycles. The molecule has 1 aromatic rings. The molecule has 128 valence electrons. The molecule has 2 N–H and O–H groups in total. The minimum absolute atomic E-state index is 0.0559. The Hall–Kier alpha value is -0.820. The summed E-state index contributed by atoms with van der Waals surface area (Å²) in [6, 6.07) is 6.81. The lowest BCUT2D eigenvalue weighted by Gasteiger charge is -2.27. The van der Waals surface area contributed by atoms with Gasteiger partial charge in [-0.25, -0.2) is 0 Å². The van der Waals surface area contributed by atoms with Gasteiger partial charge in [0.1, 0.15) is 0 Å². The lowest BCUT2D eigenvalue weighted by atomic mass is 9.78. The van der Waals surface area contributed by atoms with Crippen molar-refractivity contribution in [3.63, 3.8) is 0 Å². The van der Waals surface area contributed by atoms with Gasteiger partial charge in [-0.05, 0) is 61.1 Å². The van der Waals surface area contributed by atoms with E-state index in [9.17, 15) is 0 Å². The molecule has 0 saturated heterocycles. The highest BCUT2D eigenvalue weighted by atomic mass is 14.7. The molecule has 0 aliphatic rings. The summed E-state index contributed by atoms with van der Waals surface area (Å²) in [6.07, 6.45) is 3.37. The predicted octanol–water partition coefficient (Wildman–Crippen LogP) is 6.19. The van der Waals surface area contributed by atoms with Crippen LogP contribution in [0.4, 0.5) is 0 Å². The predicted molar refractivity (Wildman–Crippen MR) is 102 cm³/mol. The maximum atomic E-state index is 6.10. The first-order chi connectivity index (χ1) is 10.0. The summed E-state index contributed by atoms with van der Waals surface area (Å²) in [4.78, 5) is 0. The SMILES string of the molecule is CC.CC(C)c1c(CCCC(C)(C)N)cccc1C(C)(C)C. The molecule has 0 saturated carbocycles. The third kappa shape index (κ3) is 6.96. The van der Waals surface area contributed by atoms with E-state index < -0.39 is 0 Å². The van der Waals surface area contributed by atoms with E-state index in [-0.39, 0.29) is 11.0 Å². The molecule has 0 radical (unpaired) electrons. The Morgan fingerprint density at radius 2 is 1.55 bits per heavy atom. The van der Waals surface area contributed by atoms with Crippen molar-refractivity contribution in [1.82, 2.24) is 0 Å². The molecule has 0 heterocycles. The van der Waals surface area contributed by atoms with Gasteiger partial charge in [0.15, 0.2) is 0 Å². The van der Waals surface area contributed by atoms with E-state index in [0.29, 0.717) is 5.92 Å². The van der Waals surface area contributed by atoms with Crippen LogP contribution < -0.4 is 5.73 Å². The van der Waals surface area contributed by atoms with Crippen molar-refractivity contribution < 1.29 is 0 Å². The first-order valence-corrected chi connectivity index (χ1v) is 8.93. The Balaban J connectivity index is 0.00000211. The minimum Gasteiger partial charge on any atom is -0.326 e. The maximum Gasteiger partial charge on any atom is 0.00971 e. The van der Waals surface area contributed by atoms with Crippen LogP contribution in [-0.2, 0) is 11.8 Å².